The molecule has 0 radical (unpaired) electrons. The van der Waals surface area contributed by atoms with Gasteiger partial charge in [-0.05, 0) is 53.9 Å². The molecular formula is C23H21N3O3S2. The molecule has 2 aromatic carbocycles. The summed E-state index contributed by atoms with van der Waals surface area (Å²) in [5, 5.41) is 0.627. The Hall–Kier alpha value is -3.10. The zero-order valence-corrected chi connectivity index (χ0v) is 18.8. The number of sulfone groups is 1. The first-order valence-electron chi connectivity index (χ1n) is 9.65. The number of fused-ring (bicyclic) bond motifs is 1. The molecule has 2 aromatic heterocycles. The first-order valence-corrected chi connectivity index (χ1v) is 12.4. The Morgan fingerprint density at radius 1 is 1.06 bits per heavy atom. The van der Waals surface area contributed by atoms with Gasteiger partial charge < -0.3 is 0 Å². The number of hydrogen-bond donors (Lipinski definition) is 0. The predicted octanol–water partition coefficient (Wildman–Crippen LogP) is 4.18. The Balaban J connectivity index is 1.65. The van der Waals surface area contributed by atoms with E-state index in [0.717, 1.165) is 33.2 Å². The van der Waals surface area contributed by atoms with Gasteiger partial charge in [-0.3, -0.25) is 14.7 Å². The van der Waals surface area contributed by atoms with Gasteiger partial charge in [0.25, 0.3) is 0 Å². The number of amides is 1. The van der Waals surface area contributed by atoms with Gasteiger partial charge in [-0.2, -0.15) is 0 Å². The summed E-state index contributed by atoms with van der Waals surface area (Å²) < 4.78 is 24.4. The fraction of sp³-hybridized carbons (Fsp3) is 0.174. The molecule has 0 saturated heterocycles. The van der Waals surface area contributed by atoms with Crippen molar-refractivity contribution in [3.63, 3.8) is 0 Å². The van der Waals surface area contributed by atoms with Crippen molar-refractivity contribution < 1.29 is 13.2 Å². The number of rotatable bonds is 6. The zero-order valence-electron chi connectivity index (χ0n) is 17.1. The van der Waals surface area contributed by atoms with Crippen LogP contribution in [0.2, 0.25) is 0 Å². The predicted molar refractivity (Wildman–Crippen MR) is 123 cm³/mol. The monoisotopic (exact) mass is 451 g/mol. The largest absolute Gasteiger partial charge is 0.283 e. The molecule has 0 fully saturated rings. The number of nitrogens with zero attached hydrogens (tertiary/aromatic N) is 3. The molecule has 158 valence electrons. The van der Waals surface area contributed by atoms with Crippen LogP contribution in [0.15, 0.2) is 71.9 Å². The molecule has 4 rings (SSSR count). The van der Waals surface area contributed by atoms with E-state index in [0.29, 0.717) is 11.7 Å². The molecule has 8 heteroatoms. The van der Waals surface area contributed by atoms with Crippen molar-refractivity contribution in [3.05, 3.63) is 83.7 Å². The highest BCUT2D eigenvalue weighted by Gasteiger charge is 2.21. The van der Waals surface area contributed by atoms with E-state index >= 15 is 0 Å². The summed E-state index contributed by atoms with van der Waals surface area (Å²) in [6.45, 7) is 2.38. The third-order valence-electron chi connectivity index (χ3n) is 4.83. The molecule has 0 aliphatic carbocycles. The molecule has 0 N–H and O–H groups in total. The van der Waals surface area contributed by atoms with Crippen LogP contribution in [-0.4, -0.2) is 30.5 Å². The van der Waals surface area contributed by atoms with Gasteiger partial charge in [0.15, 0.2) is 15.0 Å². The van der Waals surface area contributed by atoms with Gasteiger partial charge in [-0.25, -0.2) is 13.4 Å². The van der Waals surface area contributed by atoms with Crippen LogP contribution in [0.3, 0.4) is 0 Å². The molecule has 1 amide bonds. The maximum absolute atomic E-state index is 13.3. The number of anilines is 1. The summed E-state index contributed by atoms with van der Waals surface area (Å²) in [6.07, 6.45) is 4.73. The van der Waals surface area contributed by atoms with Crippen LogP contribution in [0.1, 0.15) is 16.7 Å². The summed E-state index contributed by atoms with van der Waals surface area (Å²) in [7, 11) is -3.28. The number of pyridine rings is 1. The van der Waals surface area contributed by atoms with E-state index in [1.54, 1.807) is 29.4 Å². The minimum Gasteiger partial charge on any atom is -0.283 e. The molecule has 6 nitrogen and oxygen atoms in total. The number of hydrogen-bond acceptors (Lipinski definition) is 6. The summed E-state index contributed by atoms with van der Waals surface area (Å²) in [5.41, 5.74) is 3.63. The molecule has 0 aliphatic rings. The standard InChI is InChI=1S/C23H21N3O3S2/c1-16-5-10-20-21(12-16)30-23(25-20)26(15-18-4-3-11-24-14-18)22(27)13-17-6-8-19(9-7-17)31(2,28)29/h3-12,14H,13,15H2,1-2H3. The van der Waals surface area contributed by atoms with Gasteiger partial charge in [-0.15, -0.1) is 0 Å². The van der Waals surface area contributed by atoms with Crippen LogP contribution in [0.25, 0.3) is 10.2 Å². The van der Waals surface area contributed by atoms with Crippen LogP contribution in [0.4, 0.5) is 5.13 Å². The van der Waals surface area contributed by atoms with E-state index in [1.165, 1.54) is 23.5 Å². The van der Waals surface area contributed by atoms with E-state index in [4.69, 9.17) is 0 Å². The second-order valence-electron chi connectivity index (χ2n) is 7.40. The van der Waals surface area contributed by atoms with E-state index in [1.807, 2.05) is 31.2 Å². The Morgan fingerprint density at radius 3 is 2.52 bits per heavy atom. The first-order chi connectivity index (χ1) is 14.8. The van der Waals surface area contributed by atoms with Crippen molar-refractivity contribution in [1.29, 1.82) is 0 Å². The normalized spacial score (nSPS) is 11.5. The number of benzene rings is 2. The van der Waals surface area contributed by atoms with Gasteiger partial charge >= 0.3 is 0 Å². The lowest BCUT2D eigenvalue weighted by atomic mass is 10.1. The topological polar surface area (TPSA) is 80.2 Å². The highest BCUT2D eigenvalue weighted by molar-refractivity contribution is 7.90. The number of carbonyl (C=O) groups is 1. The van der Waals surface area contributed by atoms with Crippen LogP contribution in [-0.2, 0) is 27.6 Å². The fourth-order valence-electron chi connectivity index (χ4n) is 3.20. The lowest BCUT2D eigenvalue weighted by Gasteiger charge is -2.20. The van der Waals surface area contributed by atoms with Crippen molar-refractivity contribution in [3.8, 4) is 0 Å². The maximum atomic E-state index is 13.3. The van der Waals surface area contributed by atoms with Crippen molar-refractivity contribution in [2.24, 2.45) is 0 Å². The minimum absolute atomic E-state index is 0.119. The van der Waals surface area contributed by atoms with Crippen LogP contribution in [0, 0.1) is 6.92 Å². The average Bonchev–Trinajstić information content (AvgIpc) is 3.15. The SMILES string of the molecule is Cc1ccc2nc(N(Cc3cccnc3)C(=O)Cc3ccc(S(C)(=O)=O)cc3)sc2c1. The van der Waals surface area contributed by atoms with E-state index in [-0.39, 0.29) is 17.2 Å². The maximum Gasteiger partial charge on any atom is 0.233 e. The molecule has 0 saturated carbocycles. The van der Waals surface area contributed by atoms with Gasteiger partial charge in [0.2, 0.25) is 5.91 Å². The lowest BCUT2D eigenvalue weighted by Crippen LogP contribution is -2.31. The molecule has 31 heavy (non-hydrogen) atoms. The minimum atomic E-state index is -3.28. The molecule has 0 atom stereocenters. The van der Waals surface area contributed by atoms with Crippen molar-refractivity contribution >= 4 is 42.4 Å². The van der Waals surface area contributed by atoms with Crippen molar-refractivity contribution in [1.82, 2.24) is 9.97 Å². The molecular weight excluding hydrogens is 430 g/mol. The van der Waals surface area contributed by atoms with E-state index in [2.05, 4.69) is 16.0 Å². The third-order valence-corrected chi connectivity index (χ3v) is 7.00. The van der Waals surface area contributed by atoms with Crippen molar-refractivity contribution in [2.75, 3.05) is 11.2 Å². The second kappa shape index (κ2) is 8.56. The van der Waals surface area contributed by atoms with Crippen LogP contribution >= 0.6 is 11.3 Å². The summed E-state index contributed by atoms with van der Waals surface area (Å²) in [5.74, 6) is -0.119. The molecule has 0 bridgehead atoms. The molecule has 0 unspecified atom stereocenters. The average molecular weight is 452 g/mol. The molecule has 0 aliphatic heterocycles. The number of aryl methyl sites for hydroxylation is 1. The Bertz CT molecular complexity index is 1330. The lowest BCUT2D eigenvalue weighted by molar-refractivity contribution is -0.118. The van der Waals surface area contributed by atoms with Gasteiger partial charge in [0.05, 0.1) is 28.1 Å². The number of aromatic nitrogens is 2. The summed E-state index contributed by atoms with van der Waals surface area (Å²) in [4.78, 5) is 24.0. The number of carbonyl (C=O) groups excluding carboxylic acids is 1. The smallest absolute Gasteiger partial charge is 0.233 e. The summed E-state index contributed by atoms with van der Waals surface area (Å²) in [6, 6.07) is 16.2. The summed E-state index contributed by atoms with van der Waals surface area (Å²) >= 11 is 1.48. The number of thiazole rings is 1. The van der Waals surface area contributed by atoms with Gasteiger partial charge in [0.1, 0.15) is 0 Å². The van der Waals surface area contributed by atoms with Crippen molar-refractivity contribution in [2.45, 2.75) is 24.8 Å². The second-order valence-corrected chi connectivity index (χ2v) is 10.4. The van der Waals surface area contributed by atoms with Crippen LogP contribution in [0.5, 0.6) is 0 Å². The van der Waals surface area contributed by atoms with Gasteiger partial charge in [0, 0.05) is 18.6 Å². The Morgan fingerprint density at radius 2 is 1.84 bits per heavy atom. The molecule has 0 spiro atoms. The van der Waals surface area contributed by atoms with E-state index in [9.17, 15) is 13.2 Å². The quantitative estimate of drug-likeness (QED) is 0.439. The van der Waals surface area contributed by atoms with Crippen LogP contribution < -0.4 is 4.90 Å². The Labute approximate surface area is 185 Å². The Kier molecular flexibility index (Phi) is 5.84. The third kappa shape index (κ3) is 4.98. The molecule has 2 heterocycles. The molecule has 4 aromatic rings. The van der Waals surface area contributed by atoms with Gasteiger partial charge in [-0.1, -0.05) is 35.6 Å². The highest BCUT2D eigenvalue weighted by atomic mass is 32.2. The highest BCUT2D eigenvalue weighted by Crippen LogP contribution is 2.31. The first kappa shape index (κ1) is 21.1. The van der Waals surface area contributed by atoms with E-state index < -0.39 is 9.84 Å². The fourth-order valence-corrected chi connectivity index (χ4v) is 4.91. The zero-order chi connectivity index (χ0) is 22.0.